The molecular weight excluding hydrogens is 278 g/mol. The van der Waals surface area contributed by atoms with Crippen LogP contribution in [-0.4, -0.2) is 45.1 Å². The predicted octanol–water partition coefficient (Wildman–Crippen LogP) is 1.70. The summed E-state index contributed by atoms with van der Waals surface area (Å²) in [5.74, 6) is 1.90. The maximum atomic E-state index is 11.5. The summed E-state index contributed by atoms with van der Waals surface area (Å²) >= 11 is 1.58. The van der Waals surface area contributed by atoms with Crippen LogP contribution in [0.5, 0.6) is 11.5 Å². The summed E-state index contributed by atoms with van der Waals surface area (Å²) in [5.41, 5.74) is 0. The Bertz CT molecular complexity index is 466. The van der Waals surface area contributed by atoms with E-state index < -0.39 is 0 Å². The molecule has 0 spiro atoms. The molecule has 1 heterocycles. The SMILES string of the molecule is CNC(CSc1ccc2c(c1)OCCCO2)C(=O)OC. The van der Waals surface area contributed by atoms with Crippen molar-refractivity contribution in [3.63, 3.8) is 0 Å². The third-order valence-electron chi connectivity index (χ3n) is 2.97. The Labute approximate surface area is 123 Å². The van der Waals surface area contributed by atoms with E-state index in [1.807, 2.05) is 18.2 Å². The molecule has 1 aromatic carbocycles. The highest BCUT2D eigenvalue weighted by Crippen LogP contribution is 2.34. The molecule has 1 atom stereocenters. The molecule has 6 heteroatoms. The molecule has 110 valence electrons. The summed E-state index contributed by atoms with van der Waals surface area (Å²) in [6.45, 7) is 1.35. The molecule has 0 saturated carbocycles. The second-order valence-electron chi connectivity index (χ2n) is 4.33. The van der Waals surface area contributed by atoms with Gasteiger partial charge in [0, 0.05) is 17.1 Å². The van der Waals surface area contributed by atoms with E-state index in [4.69, 9.17) is 14.2 Å². The van der Waals surface area contributed by atoms with Crippen LogP contribution in [0.25, 0.3) is 0 Å². The molecule has 1 aliphatic heterocycles. The van der Waals surface area contributed by atoms with Gasteiger partial charge in [-0.2, -0.15) is 0 Å². The highest BCUT2D eigenvalue weighted by molar-refractivity contribution is 7.99. The minimum Gasteiger partial charge on any atom is -0.490 e. The number of likely N-dealkylation sites (N-methyl/N-ethyl adjacent to an activating group) is 1. The van der Waals surface area contributed by atoms with E-state index in [9.17, 15) is 4.79 Å². The number of nitrogens with one attached hydrogen (secondary N) is 1. The van der Waals surface area contributed by atoms with Gasteiger partial charge in [0.1, 0.15) is 6.04 Å². The van der Waals surface area contributed by atoms with Crippen molar-refractivity contribution >= 4 is 17.7 Å². The van der Waals surface area contributed by atoms with Crippen molar-refractivity contribution in [2.45, 2.75) is 17.4 Å². The summed E-state index contributed by atoms with van der Waals surface area (Å²) in [5, 5.41) is 2.94. The van der Waals surface area contributed by atoms with E-state index in [-0.39, 0.29) is 12.0 Å². The molecule has 0 bridgehead atoms. The summed E-state index contributed by atoms with van der Waals surface area (Å²) in [6.07, 6.45) is 0.890. The number of fused-ring (bicyclic) bond motifs is 1. The van der Waals surface area contributed by atoms with Crippen LogP contribution in [0, 0.1) is 0 Å². The average molecular weight is 297 g/mol. The number of esters is 1. The fraction of sp³-hybridized carbons (Fsp3) is 0.500. The van der Waals surface area contributed by atoms with Gasteiger partial charge >= 0.3 is 5.97 Å². The van der Waals surface area contributed by atoms with Crippen LogP contribution in [-0.2, 0) is 9.53 Å². The molecule has 0 aromatic heterocycles. The van der Waals surface area contributed by atoms with Gasteiger partial charge < -0.3 is 19.5 Å². The maximum Gasteiger partial charge on any atom is 0.323 e. The Kier molecular flexibility index (Phi) is 5.55. The Morgan fingerprint density at radius 1 is 1.40 bits per heavy atom. The Morgan fingerprint density at radius 3 is 2.85 bits per heavy atom. The molecule has 0 radical (unpaired) electrons. The van der Waals surface area contributed by atoms with E-state index in [0.29, 0.717) is 19.0 Å². The van der Waals surface area contributed by atoms with Crippen LogP contribution >= 0.6 is 11.8 Å². The number of benzene rings is 1. The number of carbonyl (C=O) groups is 1. The molecule has 0 fully saturated rings. The first-order valence-corrected chi connectivity index (χ1v) is 7.50. The third kappa shape index (κ3) is 3.80. The summed E-state index contributed by atoms with van der Waals surface area (Å²) in [4.78, 5) is 12.5. The molecule has 5 nitrogen and oxygen atoms in total. The number of hydrogen-bond acceptors (Lipinski definition) is 6. The smallest absolute Gasteiger partial charge is 0.323 e. The quantitative estimate of drug-likeness (QED) is 0.659. The van der Waals surface area contributed by atoms with Crippen molar-refractivity contribution in [2.75, 3.05) is 33.1 Å². The molecular formula is C14H19NO4S. The lowest BCUT2D eigenvalue weighted by Gasteiger charge is -2.14. The third-order valence-corrected chi connectivity index (χ3v) is 4.06. The molecule has 1 aliphatic rings. The number of hydrogen-bond donors (Lipinski definition) is 1. The van der Waals surface area contributed by atoms with E-state index in [1.165, 1.54) is 7.11 Å². The number of thioether (sulfide) groups is 1. The van der Waals surface area contributed by atoms with Crippen molar-refractivity contribution in [3.05, 3.63) is 18.2 Å². The van der Waals surface area contributed by atoms with Crippen molar-refractivity contribution < 1.29 is 19.0 Å². The molecule has 0 saturated heterocycles. The number of ether oxygens (including phenoxy) is 3. The topological polar surface area (TPSA) is 56.8 Å². The normalized spacial score (nSPS) is 15.3. The second-order valence-corrected chi connectivity index (χ2v) is 5.43. The fourth-order valence-corrected chi connectivity index (χ4v) is 2.84. The zero-order valence-corrected chi connectivity index (χ0v) is 12.5. The van der Waals surface area contributed by atoms with Crippen LogP contribution in [0.1, 0.15) is 6.42 Å². The molecule has 1 unspecified atom stereocenters. The van der Waals surface area contributed by atoms with E-state index in [2.05, 4.69) is 5.32 Å². The zero-order chi connectivity index (χ0) is 14.4. The van der Waals surface area contributed by atoms with Gasteiger partial charge in [-0.1, -0.05) is 0 Å². The Hall–Kier alpha value is -1.40. The lowest BCUT2D eigenvalue weighted by Crippen LogP contribution is -2.37. The second kappa shape index (κ2) is 7.40. The minimum atomic E-state index is -0.319. The van der Waals surface area contributed by atoms with Gasteiger partial charge in [0.15, 0.2) is 11.5 Å². The summed E-state index contributed by atoms with van der Waals surface area (Å²) < 4.78 is 16.0. The molecule has 1 aromatic rings. The van der Waals surface area contributed by atoms with Gasteiger partial charge in [-0.25, -0.2) is 0 Å². The summed E-state index contributed by atoms with van der Waals surface area (Å²) in [7, 11) is 3.14. The summed E-state index contributed by atoms with van der Waals surface area (Å²) in [6, 6.07) is 5.52. The number of methoxy groups -OCH3 is 1. The van der Waals surface area contributed by atoms with Gasteiger partial charge in [0.2, 0.25) is 0 Å². The first kappa shape index (κ1) is 15.0. The van der Waals surface area contributed by atoms with Crippen molar-refractivity contribution in [3.8, 4) is 11.5 Å². The first-order chi connectivity index (χ1) is 9.74. The van der Waals surface area contributed by atoms with Gasteiger partial charge in [0.05, 0.1) is 20.3 Å². The van der Waals surface area contributed by atoms with E-state index in [0.717, 1.165) is 22.8 Å². The van der Waals surface area contributed by atoms with E-state index >= 15 is 0 Å². The van der Waals surface area contributed by atoms with Crippen molar-refractivity contribution in [2.24, 2.45) is 0 Å². The molecule has 0 aliphatic carbocycles. The standard InChI is InChI=1S/C14H19NO4S/c1-15-11(14(16)17-2)9-20-10-4-5-12-13(8-10)19-7-3-6-18-12/h4-5,8,11,15H,3,6-7,9H2,1-2H3. The Morgan fingerprint density at radius 2 is 2.15 bits per heavy atom. The Balaban J connectivity index is 1.99. The fourth-order valence-electron chi connectivity index (χ4n) is 1.82. The van der Waals surface area contributed by atoms with Gasteiger partial charge in [-0.15, -0.1) is 11.8 Å². The zero-order valence-electron chi connectivity index (χ0n) is 11.7. The van der Waals surface area contributed by atoms with Crippen LogP contribution < -0.4 is 14.8 Å². The van der Waals surface area contributed by atoms with Crippen LogP contribution in [0.15, 0.2) is 23.1 Å². The molecule has 0 amide bonds. The largest absolute Gasteiger partial charge is 0.490 e. The monoisotopic (exact) mass is 297 g/mol. The van der Waals surface area contributed by atoms with Gasteiger partial charge in [-0.05, 0) is 25.2 Å². The number of carbonyl (C=O) groups excluding carboxylic acids is 1. The van der Waals surface area contributed by atoms with E-state index in [1.54, 1.807) is 18.8 Å². The van der Waals surface area contributed by atoms with Gasteiger partial charge in [0.25, 0.3) is 0 Å². The molecule has 1 N–H and O–H groups in total. The van der Waals surface area contributed by atoms with Gasteiger partial charge in [-0.3, -0.25) is 4.79 Å². The molecule has 2 rings (SSSR count). The lowest BCUT2D eigenvalue weighted by molar-refractivity contribution is -0.142. The number of rotatable bonds is 5. The highest BCUT2D eigenvalue weighted by Gasteiger charge is 2.17. The predicted molar refractivity (Wildman–Crippen MR) is 77.6 cm³/mol. The highest BCUT2D eigenvalue weighted by atomic mass is 32.2. The molecule has 20 heavy (non-hydrogen) atoms. The van der Waals surface area contributed by atoms with Crippen LogP contribution in [0.2, 0.25) is 0 Å². The van der Waals surface area contributed by atoms with Crippen molar-refractivity contribution in [1.29, 1.82) is 0 Å². The minimum absolute atomic E-state index is 0.255. The van der Waals surface area contributed by atoms with Crippen LogP contribution in [0.4, 0.5) is 0 Å². The first-order valence-electron chi connectivity index (χ1n) is 6.52. The van der Waals surface area contributed by atoms with Crippen molar-refractivity contribution in [1.82, 2.24) is 5.32 Å². The maximum absolute atomic E-state index is 11.5. The lowest BCUT2D eigenvalue weighted by atomic mass is 10.3. The average Bonchev–Trinajstić information content (AvgIpc) is 2.72. The van der Waals surface area contributed by atoms with Crippen LogP contribution in [0.3, 0.4) is 0 Å².